The summed E-state index contributed by atoms with van der Waals surface area (Å²) in [5.74, 6) is 1.38. The van der Waals surface area contributed by atoms with Crippen LogP contribution in [0.4, 0.5) is 10.5 Å². The standard InChI is InChI=1S/C18H21IN2O3/c1-12-10-14(19)5-6-15(12)21-18(22)20-9-8-13-4-7-16(23-2)17(11-13)24-3/h4-7,10-11H,8-9H2,1-3H3,(H2,20,21,22). The average molecular weight is 440 g/mol. The molecule has 0 spiro atoms. The zero-order valence-corrected chi connectivity index (χ0v) is 16.1. The molecule has 0 aromatic heterocycles. The molecule has 0 heterocycles. The van der Waals surface area contributed by atoms with E-state index in [0.717, 1.165) is 20.4 Å². The third-order valence-corrected chi connectivity index (χ3v) is 4.25. The van der Waals surface area contributed by atoms with Crippen molar-refractivity contribution in [1.82, 2.24) is 5.32 Å². The number of hydrogen-bond acceptors (Lipinski definition) is 3. The summed E-state index contributed by atoms with van der Waals surface area (Å²) in [5.41, 5.74) is 2.93. The van der Waals surface area contributed by atoms with E-state index in [0.29, 0.717) is 24.5 Å². The summed E-state index contributed by atoms with van der Waals surface area (Å²) >= 11 is 2.25. The minimum atomic E-state index is -0.209. The number of aryl methyl sites for hydroxylation is 1. The quantitative estimate of drug-likeness (QED) is 0.669. The van der Waals surface area contributed by atoms with Gasteiger partial charge in [-0.2, -0.15) is 0 Å². The number of carbonyl (C=O) groups is 1. The van der Waals surface area contributed by atoms with Crippen molar-refractivity contribution in [3.63, 3.8) is 0 Å². The minimum absolute atomic E-state index is 0.209. The molecule has 2 N–H and O–H groups in total. The number of carbonyl (C=O) groups excluding carboxylic acids is 1. The lowest BCUT2D eigenvalue weighted by Crippen LogP contribution is -2.30. The van der Waals surface area contributed by atoms with E-state index in [4.69, 9.17) is 9.47 Å². The molecule has 2 rings (SSSR count). The van der Waals surface area contributed by atoms with Crippen LogP contribution in [0, 0.1) is 10.5 Å². The van der Waals surface area contributed by atoms with Crippen molar-refractivity contribution in [3.05, 3.63) is 51.1 Å². The lowest BCUT2D eigenvalue weighted by Gasteiger charge is -2.11. The Balaban J connectivity index is 1.86. The Bertz CT molecular complexity index is 719. The second-order valence-electron chi connectivity index (χ2n) is 5.28. The van der Waals surface area contributed by atoms with Gasteiger partial charge in [-0.1, -0.05) is 6.07 Å². The molecular formula is C18H21IN2O3. The maximum Gasteiger partial charge on any atom is 0.319 e. The van der Waals surface area contributed by atoms with Crippen LogP contribution in [-0.2, 0) is 6.42 Å². The number of halogens is 1. The van der Waals surface area contributed by atoms with Gasteiger partial charge in [-0.3, -0.25) is 0 Å². The van der Waals surface area contributed by atoms with Gasteiger partial charge in [-0.05, 0) is 77.4 Å². The summed E-state index contributed by atoms with van der Waals surface area (Å²) in [7, 11) is 3.21. The van der Waals surface area contributed by atoms with Crippen LogP contribution in [0.15, 0.2) is 36.4 Å². The lowest BCUT2D eigenvalue weighted by atomic mass is 10.1. The van der Waals surface area contributed by atoms with Gasteiger partial charge in [0.25, 0.3) is 0 Å². The van der Waals surface area contributed by atoms with Gasteiger partial charge in [0.15, 0.2) is 11.5 Å². The lowest BCUT2D eigenvalue weighted by molar-refractivity contribution is 0.252. The van der Waals surface area contributed by atoms with Gasteiger partial charge >= 0.3 is 6.03 Å². The highest BCUT2D eigenvalue weighted by Gasteiger charge is 2.06. The van der Waals surface area contributed by atoms with Crippen molar-refractivity contribution < 1.29 is 14.3 Å². The number of rotatable bonds is 6. The Morgan fingerprint density at radius 3 is 2.50 bits per heavy atom. The predicted octanol–water partition coefficient (Wildman–Crippen LogP) is 3.98. The Hall–Kier alpha value is -1.96. The summed E-state index contributed by atoms with van der Waals surface area (Å²) < 4.78 is 11.6. The molecule has 2 aromatic carbocycles. The Morgan fingerprint density at radius 2 is 1.83 bits per heavy atom. The first-order chi connectivity index (χ1) is 11.5. The van der Waals surface area contributed by atoms with E-state index in [1.807, 2.05) is 43.3 Å². The van der Waals surface area contributed by atoms with Crippen molar-refractivity contribution in [1.29, 1.82) is 0 Å². The van der Waals surface area contributed by atoms with Crippen LogP contribution in [0.3, 0.4) is 0 Å². The van der Waals surface area contributed by atoms with Crippen molar-refractivity contribution in [3.8, 4) is 11.5 Å². The van der Waals surface area contributed by atoms with Crippen molar-refractivity contribution in [2.75, 3.05) is 26.1 Å². The van der Waals surface area contributed by atoms with E-state index in [-0.39, 0.29) is 6.03 Å². The van der Waals surface area contributed by atoms with Gasteiger partial charge in [0.05, 0.1) is 14.2 Å². The van der Waals surface area contributed by atoms with Gasteiger partial charge in [-0.15, -0.1) is 0 Å². The summed E-state index contributed by atoms with van der Waals surface area (Å²) in [4.78, 5) is 12.0. The molecule has 0 atom stereocenters. The largest absolute Gasteiger partial charge is 0.493 e. The maximum atomic E-state index is 12.0. The van der Waals surface area contributed by atoms with Crippen molar-refractivity contribution >= 4 is 34.3 Å². The number of anilines is 1. The summed E-state index contributed by atoms with van der Waals surface area (Å²) in [6, 6.07) is 11.4. The number of hydrogen-bond donors (Lipinski definition) is 2. The molecule has 0 aliphatic rings. The van der Waals surface area contributed by atoms with Gasteiger partial charge in [-0.25, -0.2) is 4.79 Å². The Labute approximate surface area is 155 Å². The fraction of sp³-hybridized carbons (Fsp3) is 0.278. The smallest absolute Gasteiger partial charge is 0.319 e. The first-order valence-electron chi connectivity index (χ1n) is 7.55. The molecule has 0 fully saturated rings. The second-order valence-corrected chi connectivity index (χ2v) is 6.53. The van der Waals surface area contributed by atoms with E-state index < -0.39 is 0 Å². The van der Waals surface area contributed by atoms with Crippen molar-refractivity contribution in [2.24, 2.45) is 0 Å². The molecule has 0 unspecified atom stereocenters. The molecule has 0 aliphatic heterocycles. The third-order valence-electron chi connectivity index (χ3n) is 3.58. The number of ether oxygens (including phenoxy) is 2. The fourth-order valence-corrected chi connectivity index (χ4v) is 2.94. The molecule has 0 saturated heterocycles. The van der Waals surface area contributed by atoms with E-state index in [1.165, 1.54) is 0 Å². The van der Waals surface area contributed by atoms with Gasteiger partial charge in [0, 0.05) is 15.8 Å². The van der Waals surface area contributed by atoms with Crippen molar-refractivity contribution in [2.45, 2.75) is 13.3 Å². The number of nitrogens with one attached hydrogen (secondary N) is 2. The third kappa shape index (κ3) is 5.02. The molecule has 0 aliphatic carbocycles. The Kier molecular flexibility index (Phi) is 6.72. The molecule has 128 valence electrons. The zero-order chi connectivity index (χ0) is 17.5. The maximum absolute atomic E-state index is 12.0. The summed E-state index contributed by atoms with van der Waals surface area (Å²) in [5, 5.41) is 5.73. The molecule has 2 aromatic rings. The summed E-state index contributed by atoms with van der Waals surface area (Å²) in [6.07, 6.45) is 0.708. The van der Waals surface area contributed by atoms with Crippen LogP contribution >= 0.6 is 22.6 Å². The molecule has 0 saturated carbocycles. The molecule has 5 nitrogen and oxygen atoms in total. The van der Waals surface area contributed by atoms with E-state index >= 15 is 0 Å². The topological polar surface area (TPSA) is 59.6 Å². The van der Waals surface area contributed by atoms with Crippen LogP contribution in [0.2, 0.25) is 0 Å². The highest BCUT2D eigenvalue weighted by molar-refractivity contribution is 14.1. The number of benzene rings is 2. The van der Waals surface area contributed by atoms with Gasteiger partial charge in [0.2, 0.25) is 0 Å². The molecule has 24 heavy (non-hydrogen) atoms. The summed E-state index contributed by atoms with van der Waals surface area (Å²) in [6.45, 7) is 2.51. The van der Waals surface area contributed by atoms with Crippen LogP contribution in [0.1, 0.15) is 11.1 Å². The van der Waals surface area contributed by atoms with Crippen LogP contribution in [-0.4, -0.2) is 26.8 Å². The van der Waals surface area contributed by atoms with E-state index in [1.54, 1.807) is 14.2 Å². The van der Waals surface area contributed by atoms with Gasteiger partial charge < -0.3 is 20.1 Å². The Morgan fingerprint density at radius 1 is 1.08 bits per heavy atom. The molecule has 0 bridgehead atoms. The van der Waals surface area contributed by atoms with Crippen LogP contribution in [0.5, 0.6) is 11.5 Å². The highest BCUT2D eigenvalue weighted by atomic mass is 127. The average Bonchev–Trinajstić information content (AvgIpc) is 2.57. The SMILES string of the molecule is COc1ccc(CCNC(=O)Nc2ccc(I)cc2C)cc1OC. The number of methoxy groups -OCH3 is 2. The molecule has 2 amide bonds. The van der Waals surface area contributed by atoms with E-state index in [9.17, 15) is 4.79 Å². The first kappa shape index (κ1) is 18.4. The molecule has 0 radical (unpaired) electrons. The minimum Gasteiger partial charge on any atom is -0.493 e. The second kappa shape index (κ2) is 8.77. The van der Waals surface area contributed by atoms with Gasteiger partial charge in [0.1, 0.15) is 0 Å². The fourth-order valence-electron chi connectivity index (χ4n) is 2.29. The first-order valence-corrected chi connectivity index (χ1v) is 8.63. The predicted molar refractivity (Wildman–Crippen MR) is 104 cm³/mol. The normalized spacial score (nSPS) is 10.2. The number of amides is 2. The molecular weight excluding hydrogens is 419 g/mol. The van der Waals surface area contributed by atoms with Crippen LogP contribution in [0.25, 0.3) is 0 Å². The zero-order valence-electron chi connectivity index (χ0n) is 14.0. The molecule has 6 heteroatoms. The highest BCUT2D eigenvalue weighted by Crippen LogP contribution is 2.27. The van der Waals surface area contributed by atoms with E-state index in [2.05, 4.69) is 33.2 Å². The van der Waals surface area contributed by atoms with Crippen LogP contribution < -0.4 is 20.1 Å². The number of urea groups is 1. The monoisotopic (exact) mass is 440 g/mol.